The Balaban J connectivity index is 1.34. The summed E-state index contributed by atoms with van der Waals surface area (Å²) in [5.41, 5.74) is 5.64. The molecule has 3 aromatic carbocycles. The lowest BCUT2D eigenvalue weighted by Gasteiger charge is -2.14. The van der Waals surface area contributed by atoms with E-state index >= 15 is 0 Å². The third-order valence-corrected chi connectivity index (χ3v) is 4.97. The molecule has 0 spiro atoms. The second-order valence-electron chi connectivity index (χ2n) is 6.71. The molecule has 1 aliphatic rings. The summed E-state index contributed by atoms with van der Waals surface area (Å²) in [5, 5.41) is 2.69. The van der Waals surface area contributed by atoms with Crippen LogP contribution in [0.1, 0.15) is 22.6 Å². The number of ether oxygens (including phenoxy) is 2. The SMILES string of the molecule is COc1cccc(C#CCNC(=O)OCC2c3ccccc3-c3ccccc32)c1. The van der Waals surface area contributed by atoms with Crippen LogP contribution in [0.15, 0.2) is 72.8 Å². The summed E-state index contributed by atoms with van der Waals surface area (Å²) >= 11 is 0. The number of hydrogen-bond donors (Lipinski definition) is 1. The monoisotopic (exact) mass is 383 g/mol. The van der Waals surface area contributed by atoms with Gasteiger partial charge in [0.15, 0.2) is 0 Å². The molecule has 3 aromatic rings. The Hall–Kier alpha value is -3.71. The van der Waals surface area contributed by atoms with Gasteiger partial charge in [0.05, 0.1) is 13.7 Å². The number of alkyl carbamates (subject to hydrolysis) is 1. The molecule has 4 heteroatoms. The first-order valence-corrected chi connectivity index (χ1v) is 9.48. The van der Waals surface area contributed by atoms with Crippen LogP contribution in [-0.2, 0) is 4.74 Å². The number of carbonyl (C=O) groups is 1. The van der Waals surface area contributed by atoms with Crippen molar-refractivity contribution >= 4 is 6.09 Å². The lowest BCUT2D eigenvalue weighted by Crippen LogP contribution is -2.26. The first-order chi connectivity index (χ1) is 14.3. The number of methoxy groups -OCH3 is 1. The molecular formula is C25H21NO3. The van der Waals surface area contributed by atoms with E-state index in [4.69, 9.17) is 9.47 Å². The summed E-state index contributed by atoms with van der Waals surface area (Å²) in [4.78, 5) is 12.1. The smallest absolute Gasteiger partial charge is 0.407 e. The Morgan fingerprint density at radius 1 is 0.966 bits per heavy atom. The number of benzene rings is 3. The summed E-state index contributed by atoms with van der Waals surface area (Å²) in [7, 11) is 1.62. The largest absolute Gasteiger partial charge is 0.497 e. The van der Waals surface area contributed by atoms with Crippen molar-refractivity contribution in [2.24, 2.45) is 0 Å². The van der Waals surface area contributed by atoms with Gasteiger partial charge in [-0.05, 0) is 40.5 Å². The fourth-order valence-corrected chi connectivity index (χ4v) is 3.61. The van der Waals surface area contributed by atoms with Crippen LogP contribution in [0.2, 0.25) is 0 Å². The number of carbonyl (C=O) groups excluding carboxylic acids is 1. The summed E-state index contributed by atoms with van der Waals surface area (Å²) in [5.74, 6) is 6.73. The van der Waals surface area contributed by atoms with Crippen LogP contribution in [0.3, 0.4) is 0 Å². The fraction of sp³-hybridized carbons (Fsp3) is 0.160. The molecule has 0 aromatic heterocycles. The maximum absolute atomic E-state index is 12.1. The second kappa shape index (κ2) is 8.53. The van der Waals surface area contributed by atoms with Crippen LogP contribution in [0.25, 0.3) is 11.1 Å². The van der Waals surface area contributed by atoms with E-state index < -0.39 is 6.09 Å². The van der Waals surface area contributed by atoms with Gasteiger partial charge in [0, 0.05) is 11.5 Å². The summed E-state index contributed by atoms with van der Waals surface area (Å²) in [6.45, 7) is 0.511. The predicted octanol–water partition coefficient (Wildman–Crippen LogP) is 4.59. The normalized spacial score (nSPS) is 11.6. The van der Waals surface area contributed by atoms with Gasteiger partial charge >= 0.3 is 6.09 Å². The molecule has 1 amide bonds. The lowest BCUT2D eigenvalue weighted by atomic mass is 9.98. The number of fused-ring (bicyclic) bond motifs is 3. The van der Waals surface area contributed by atoms with Crippen molar-refractivity contribution in [3.63, 3.8) is 0 Å². The average molecular weight is 383 g/mol. The molecule has 4 rings (SSSR count). The van der Waals surface area contributed by atoms with Crippen LogP contribution < -0.4 is 10.1 Å². The van der Waals surface area contributed by atoms with E-state index in [1.807, 2.05) is 48.5 Å². The number of nitrogens with one attached hydrogen (secondary N) is 1. The minimum Gasteiger partial charge on any atom is -0.497 e. The van der Waals surface area contributed by atoms with E-state index in [-0.39, 0.29) is 12.5 Å². The summed E-state index contributed by atoms with van der Waals surface area (Å²) < 4.78 is 10.7. The van der Waals surface area contributed by atoms with Crippen molar-refractivity contribution in [1.29, 1.82) is 0 Å². The maximum Gasteiger partial charge on any atom is 0.407 e. The molecule has 0 aliphatic heterocycles. The first kappa shape index (κ1) is 18.6. The molecule has 0 unspecified atom stereocenters. The van der Waals surface area contributed by atoms with E-state index in [1.54, 1.807) is 7.11 Å². The van der Waals surface area contributed by atoms with Gasteiger partial charge in [0.25, 0.3) is 0 Å². The Morgan fingerprint density at radius 2 is 1.66 bits per heavy atom. The van der Waals surface area contributed by atoms with Gasteiger partial charge in [-0.25, -0.2) is 4.79 Å². The van der Waals surface area contributed by atoms with E-state index in [2.05, 4.69) is 41.4 Å². The quantitative estimate of drug-likeness (QED) is 0.671. The molecule has 0 heterocycles. The zero-order valence-corrected chi connectivity index (χ0v) is 16.1. The highest BCUT2D eigenvalue weighted by molar-refractivity contribution is 5.79. The average Bonchev–Trinajstić information content (AvgIpc) is 3.09. The van der Waals surface area contributed by atoms with Gasteiger partial charge in [-0.1, -0.05) is 66.4 Å². The van der Waals surface area contributed by atoms with Gasteiger partial charge in [-0.15, -0.1) is 0 Å². The third-order valence-electron chi connectivity index (χ3n) is 4.97. The molecule has 0 saturated carbocycles. The number of hydrogen-bond acceptors (Lipinski definition) is 3. The number of rotatable bonds is 4. The molecule has 29 heavy (non-hydrogen) atoms. The van der Waals surface area contributed by atoms with Gasteiger partial charge in [-0.2, -0.15) is 0 Å². The molecular weight excluding hydrogens is 362 g/mol. The van der Waals surface area contributed by atoms with Crippen molar-refractivity contribution < 1.29 is 14.3 Å². The van der Waals surface area contributed by atoms with Gasteiger partial charge in [-0.3, -0.25) is 0 Å². The van der Waals surface area contributed by atoms with Crippen LogP contribution in [0.4, 0.5) is 4.79 Å². The van der Waals surface area contributed by atoms with Crippen molar-refractivity contribution in [3.8, 4) is 28.7 Å². The van der Waals surface area contributed by atoms with Crippen molar-refractivity contribution in [2.75, 3.05) is 20.3 Å². The zero-order valence-electron chi connectivity index (χ0n) is 16.1. The standard InChI is InChI=1S/C25H21NO3/c1-28-19-10-6-8-18(16-19)9-7-15-26-25(27)29-17-24-22-13-4-2-11-20(22)21-12-3-5-14-23(21)24/h2-6,8,10-14,16,24H,15,17H2,1H3,(H,26,27). The minimum absolute atomic E-state index is 0.0519. The van der Waals surface area contributed by atoms with Gasteiger partial charge in [0.2, 0.25) is 0 Å². The topological polar surface area (TPSA) is 47.6 Å². The molecule has 4 nitrogen and oxygen atoms in total. The Labute approximate surface area is 170 Å². The Morgan fingerprint density at radius 3 is 2.34 bits per heavy atom. The molecule has 0 radical (unpaired) electrons. The zero-order chi connectivity index (χ0) is 20.1. The van der Waals surface area contributed by atoms with Crippen LogP contribution >= 0.6 is 0 Å². The highest BCUT2D eigenvalue weighted by Gasteiger charge is 2.28. The Kier molecular flexibility index (Phi) is 5.49. The minimum atomic E-state index is -0.466. The van der Waals surface area contributed by atoms with E-state index in [9.17, 15) is 4.79 Å². The maximum atomic E-state index is 12.1. The molecule has 1 N–H and O–H groups in total. The van der Waals surface area contributed by atoms with E-state index in [0.717, 1.165) is 11.3 Å². The van der Waals surface area contributed by atoms with Gasteiger partial charge < -0.3 is 14.8 Å². The van der Waals surface area contributed by atoms with Gasteiger partial charge in [0.1, 0.15) is 12.4 Å². The summed E-state index contributed by atoms with van der Waals surface area (Å²) in [6.07, 6.45) is -0.466. The first-order valence-electron chi connectivity index (χ1n) is 9.48. The molecule has 1 aliphatic carbocycles. The molecule has 0 fully saturated rings. The van der Waals surface area contributed by atoms with Crippen LogP contribution in [0, 0.1) is 11.8 Å². The highest BCUT2D eigenvalue weighted by Crippen LogP contribution is 2.44. The lowest BCUT2D eigenvalue weighted by molar-refractivity contribution is 0.144. The Bertz CT molecular complexity index is 1050. The van der Waals surface area contributed by atoms with Crippen molar-refractivity contribution in [2.45, 2.75) is 5.92 Å². The number of amides is 1. The third kappa shape index (κ3) is 4.09. The summed E-state index contributed by atoms with van der Waals surface area (Å²) in [6, 6.07) is 24.0. The highest BCUT2D eigenvalue weighted by atomic mass is 16.5. The molecule has 0 bridgehead atoms. The van der Waals surface area contributed by atoms with E-state index in [1.165, 1.54) is 22.3 Å². The fourth-order valence-electron chi connectivity index (χ4n) is 3.61. The predicted molar refractivity (Wildman–Crippen MR) is 113 cm³/mol. The second-order valence-corrected chi connectivity index (χ2v) is 6.71. The van der Waals surface area contributed by atoms with E-state index in [0.29, 0.717) is 6.61 Å². The molecule has 0 atom stereocenters. The molecule has 0 saturated heterocycles. The van der Waals surface area contributed by atoms with Crippen LogP contribution in [-0.4, -0.2) is 26.4 Å². The molecule has 144 valence electrons. The van der Waals surface area contributed by atoms with Crippen molar-refractivity contribution in [3.05, 3.63) is 89.5 Å². The van der Waals surface area contributed by atoms with Crippen molar-refractivity contribution in [1.82, 2.24) is 5.32 Å². The van der Waals surface area contributed by atoms with Crippen LogP contribution in [0.5, 0.6) is 5.75 Å².